The fourth-order valence-electron chi connectivity index (χ4n) is 3.39. The Hall–Kier alpha value is -0.120. The van der Waals surface area contributed by atoms with Crippen molar-refractivity contribution < 1.29 is 4.74 Å². The molecule has 0 saturated carbocycles. The molecule has 0 aliphatic carbocycles. The number of likely N-dealkylation sites (tertiary alicyclic amines) is 1. The molecule has 0 amide bonds. The van der Waals surface area contributed by atoms with Gasteiger partial charge in [0.15, 0.2) is 0 Å². The van der Waals surface area contributed by atoms with Crippen molar-refractivity contribution in [1.29, 1.82) is 0 Å². The van der Waals surface area contributed by atoms with Crippen LogP contribution in [0.2, 0.25) is 0 Å². The van der Waals surface area contributed by atoms with Gasteiger partial charge in [0.05, 0.1) is 5.60 Å². The van der Waals surface area contributed by atoms with E-state index in [0.29, 0.717) is 0 Å². The first-order chi connectivity index (χ1) is 7.47. The lowest BCUT2D eigenvalue weighted by Crippen LogP contribution is -2.59. The molecule has 2 rings (SSSR count). The number of ether oxygens (including phenoxy) is 1. The molecule has 2 aliphatic heterocycles. The van der Waals surface area contributed by atoms with Crippen LogP contribution >= 0.6 is 0 Å². The van der Waals surface area contributed by atoms with Gasteiger partial charge in [-0.1, -0.05) is 6.92 Å². The van der Waals surface area contributed by atoms with Crippen LogP contribution in [0.15, 0.2) is 0 Å². The summed E-state index contributed by atoms with van der Waals surface area (Å²) in [5.74, 6) is 0.828. The van der Waals surface area contributed by atoms with Crippen LogP contribution in [-0.2, 0) is 4.74 Å². The van der Waals surface area contributed by atoms with Crippen molar-refractivity contribution in [1.82, 2.24) is 4.90 Å². The van der Waals surface area contributed by atoms with Gasteiger partial charge in [-0.15, -0.1) is 0 Å². The van der Waals surface area contributed by atoms with Gasteiger partial charge in [-0.25, -0.2) is 0 Å². The molecule has 16 heavy (non-hydrogen) atoms. The van der Waals surface area contributed by atoms with Crippen molar-refractivity contribution in [2.24, 2.45) is 11.7 Å². The summed E-state index contributed by atoms with van der Waals surface area (Å²) in [5, 5.41) is 0. The summed E-state index contributed by atoms with van der Waals surface area (Å²) in [6, 6.07) is 0. The molecule has 0 radical (unpaired) electrons. The molecule has 2 heterocycles. The van der Waals surface area contributed by atoms with E-state index >= 15 is 0 Å². The molecule has 0 bridgehead atoms. The van der Waals surface area contributed by atoms with Gasteiger partial charge in [0, 0.05) is 25.2 Å². The van der Waals surface area contributed by atoms with E-state index in [4.69, 9.17) is 10.5 Å². The Morgan fingerprint density at radius 2 is 2.19 bits per heavy atom. The van der Waals surface area contributed by atoms with Gasteiger partial charge in [0.25, 0.3) is 0 Å². The number of hydrogen-bond acceptors (Lipinski definition) is 3. The predicted molar refractivity (Wildman–Crippen MR) is 66.4 cm³/mol. The summed E-state index contributed by atoms with van der Waals surface area (Å²) in [5.41, 5.74) is 6.28. The molecular weight excluding hydrogens is 200 g/mol. The third-order valence-electron chi connectivity index (χ3n) is 4.29. The van der Waals surface area contributed by atoms with Crippen LogP contribution in [0.25, 0.3) is 0 Å². The second kappa shape index (κ2) is 4.28. The Morgan fingerprint density at radius 3 is 2.69 bits per heavy atom. The maximum absolute atomic E-state index is 6.09. The quantitative estimate of drug-likeness (QED) is 0.777. The standard InChI is InChI=1S/C13H26N2O/c1-11-4-6-15(8-11)13(10-14)5-7-16-12(2,3)9-13/h11H,4-10,14H2,1-3H3. The zero-order chi connectivity index (χ0) is 11.8. The maximum Gasteiger partial charge on any atom is 0.0644 e. The lowest BCUT2D eigenvalue weighted by molar-refractivity contribution is -0.114. The lowest BCUT2D eigenvalue weighted by atomic mass is 9.80. The summed E-state index contributed by atoms with van der Waals surface area (Å²) in [6.07, 6.45) is 3.49. The van der Waals surface area contributed by atoms with Gasteiger partial charge in [-0.3, -0.25) is 4.90 Å². The Balaban J connectivity index is 2.12. The third kappa shape index (κ3) is 2.27. The number of nitrogens with zero attached hydrogens (tertiary/aromatic N) is 1. The average molecular weight is 226 g/mol. The topological polar surface area (TPSA) is 38.5 Å². The zero-order valence-corrected chi connectivity index (χ0v) is 11.0. The molecular formula is C13H26N2O. The van der Waals surface area contributed by atoms with Crippen LogP contribution in [0.1, 0.15) is 40.0 Å². The van der Waals surface area contributed by atoms with Crippen molar-refractivity contribution in [2.75, 3.05) is 26.2 Å². The molecule has 2 atom stereocenters. The van der Waals surface area contributed by atoms with E-state index < -0.39 is 0 Å². The van der Waals surface area contributed by atoms with E-state index in [1.165, 1.54) is 19.5 Å². The van der Waals surface area contributed by atoms with Gasteiger partial charge in [0.2, 0.25) is 0 Å². The first-order valence-electron chi connectivity index (χ1n) is 6.57. The van der Waals surface area contributed by atoms with Crippen LogP contribution in [-0.4, -0.2) is 42.3 Å². The molecule has 0 aromatic rings. The van der Waals surface area contributed by atoms with Gasteiger partial charge in [-0.2, -0.15) is 0 Å². The van der Waals surface area contributed by atoms with Gasteiger partial charge < -0.3 is 10.5 Å². The molecule has 0 aromatic heterocycles. The highest BCUT2D eigenvalue weighted by Gasteiger charge is 2.45. The van der Waals surface area contributed by atoms with E-state index in [1.54, 1.807) is 0 Å². The molecule has 94 valence electrons. The van der Waals surface area contributed by atoms with E-state index in [1.807, 2.05) is 0 Å². The van der Waals surface area contributed by atoms with E-state index in [0.717, 1.165) is 31.9 Å². The summed E-state index contributed by atoms with van der Waals surface area (Å²) in [4.78, 5) is 2.63. The zero-order valence-electron chi connectivity index (χ0n) is 11.0. The number of nitrogens with two attached hydrogens (primary N) is 1. The van der Waals surface area contributed by atoms with Crippen molar-refractivity contribution >= 4 is 0 Å². The summed E-state index contributed by atoms with van der Waals surface area (Å²) < 4.78 is 5.83. The molecule has 2 unspecified atom stereocenters. The van der Waals surface area contributed by atoms with Crippen molar-refractivity contribution in [3.05, 3.63) is 0 Å². The normalized spacial score (nSPS) is 40.1. The Kier molecular flexibility index (Phi) is 3.30. The minimum absolute atomic E-state index is 0.0105. The van der Waals surface area contributed by atoms with Gasteiger partial charge in [0.1, 0.15) is 0 Å². The highest BCUT2D eigenvalue weighted by Crippen LogP contribution is 2.38. The molecule has 3 heteroatoms. The van der Waals surface area contributed by atoms with Crippen molar-refractivity contribution in [3.8, 4) is 0 Å². The summed E-state index contributed by atoms with van der Waals surface area (Å²) in [7, 11) is 0. The van der Waals surface area contributed by atoms with Gasteiger partial charge in [-0.05, 0) is 45.6 Å². The Bertz CT molecular complexity index is 254. The van der Waals surface area contributed by atoms with Crippen molar-refractivity contribution in [3.63, 3.8) is 0 Å². The monoisotopic (exact) mass is 226 g/mol. The van der Waals surface area contributed by atoms with E-state index in [-0.39, 0.29) is 11.1 Å². The maximum atomic E-state index is 6.09. The predicted octanol–water partition coefficient (Wildman–Crippen LogP) is 1.61. The Labute approximate surface area is 99.3 Å². The number of hydrogen-bond donors (Lipinski definition) is 1. The van der Waals surface area contributed by atoms with Crippen LogP contribution in [0.3, 0.4) is 0 Å². The minimum atomic E-state index is -0.0105. The second-order valence-electron chi connectivity index (χ2n) is 6.30. The average Bonchev–Trinajstić information content (AvgIpc) is 2.63. The summed E-state index contributed by atoms with van der Waals surface area (Å²) >= 11 is 0. The molecule has 2 saturated heterocycles. The fraction of sp³-hybridized carbons (Fsp3) is 1.00. The first kappa shape index (κ1) is 12.3. The number of rotatable bonds is 2. The highest BCUT2D eigenvalue weighted by atomic mass is 16.5. The first-order valence-corrected chi connectivity index (χ1v) is 6.57. The van der Waals surface area contributed by atoms with Crippen LogP contribution in [0.4, 0.5) is 0 Å². The Morgan fingerprint density at radius 1 is 1.44 bits per heavy atom. The minimum Gasteiger partial charge on any atom is -0.375 e. The molecule has 3 nitrogen and oxygen atoms in total. The van der Waals surface area contributed by atoms with E-state index in [9.17, 15) is 0 Å². The molecule has 0 aromatic carbocycles. The second-order valence-corrected chi connectivity index (χ2v) is 6.30. The molecule has 2 fully saturated rings. The smallest absolute Gasteiger partial charge is 0.0644 e. The van der Waals surface area contributed by atoms with E-state index in [2.05, 4.69) is 25.7 Å². The van der Waals surface area contributed by atoms with Crippen LogP contribution in [0, 0.1) is 5.92 Å². The molecule has 2 aliphatic rings. The van der Waals surface area contributed by atoms with Crippen LogP contribution < -0.4 is 5.73 Å². The summed E-state index contributed by atoms with van der Waals surface area (Å²) in [6.45, 7) is 10.8. The fourth-order valence-corrected chi connectivity index (χ4v) is 3.39. The largest absolute Gasteiger partial charge is 0.375 e. The van der Waals surface area contributed by atoms with Gasteiger partial charge >= 0.3 is 0 Å². The lowest BCUT2D eigenvalue weighted by Gasteiger charge is -2.49. The third-order valence-corrected chi connectivity index (χ3v) is 4.29. The highest BCUT2D eigenvalue weighted by molar-refractivity contribution is 5.01. The van der Waals surface area contributed by atoms with Crippen LogP contribution in [0.5, 0.6) is 0 Å². The molecule has 2 N–H and O–H groups in total. The van der Waals surface area contributed by atoms with Crippen molar-refractivity contribution in [2.45, 2.75) is 51.2 Å². The SMILES string of the molecule is CC1CCN(C2(CN)CCOC(C)(C)C2)C1. The molecule has 0 spiro atoms.